The summed E-state index contributed by atoms with van der Waals surface area (Å²) in [6, 6.07) is 11.9. The Bertz CT molecular complexity index is 1310. The van der Waals surface area contributed by atoms with Crippen LogP contribution in [-0.2, 0) is 0 Å². The molecular formula is C22H17FN4O3. The third kappa shape index (κ3) is 3.50. The number of benzene rings is 2. The van der Waals surface area contributed by atoms with Crippen LogP contribution < -0.4 is 16.5 Å². The predicted molar refractivity (Wildman–Crippen MR) is 110 cm³/mol. The van der Waals surface area contributed by atoms with E-state index in [0.29, 0.717) is 5.56 Å². The first-order chi connectivity index (χ1) is 14.5. The van der Waals surface area contributed by atoms with Gasteiger partial charge in [0.25, 0.3) is 5.91 Å². The summed E-state index contributed by atoms with van der Waals surface area (Å²) in [7, 11) is 0. The fraction of sp³-hybridized carbons (Fsp3) is 0.0909. The molecule has 0 aliphatic heterocycles. The molecule has 0 saturated heterocycles. The third-order valence-corrected chi connectivity index (χ3v) is 4.62. The fourth-order valence-electron chi connectivity index (χ4n) is 3.22. The molecule has 0 fully saturated rings. The van der Waals surface area contributed by atoms with Crippen molar-refractivity contribution in [3.05, 3.63) is 88.4 Å². The van der Waals surface area contributed by atoms with Gasteiger partial charge in [-0.1, -0.05) is 30.3 Å². The number of fused-ring (bicyclic) bond motifs is 1. The van der Waals surface area contributed by atoms with Gasteiger partial charge in [-0.3, -0.25) is 9.59 Å². The number of anilines is 1. The molecule has 0 spiro atoms. The van der Waals surface area contributed by atoms with E-state index in [4.69, 9.17) is 10.2 Å². The standard InChI is InChI=1S/C22H17FN4O3/c1-12(27-22(29)18-21(24)26-10-9-25-18)20-17(13-5-3-2-4-6-13)19(28)15-11-14(23)7-8-16(15)30-20/h2-12H,1H3,(H2,24,26)(H,27,29). The number of rotatable bonds is 4. The topological polar surface area (TPSA) is 111 Å². The zero-order valence-corrected chi connectivity index (χ0v) is 15.9. The Balaban J connectivity index is 1.85. The molecule has 0 saturated carbocycles. The molecule has 2 aromatic heterocycles. The number of nitrogen functional groups attached to an aromatic ring is 1. The number of carbonyl (C=O) groups excluding carboxylic acids is 1. The normalized spacial score (nSPS) is 11.9. The van der Waals surface area contributed by atoms with Crippen LogP contribution in [0.3, 0.4) is 0 Å². The highest BCUT2D eigenvalue weighted by molar-refractivity contribution is 5.96. The van der Waals surface area contributed by atoms with E-state index in [0.717, 1.165) is 6.07 Å². The Kier molecular flexibility index (Phi) is 4.97. The van der Waals surface area contributed by atoms with Gasteiger partial charge in [0.1, 0.15) is 17.2 Å². The Morgan fingerprint density at radius 3 is 2.60 bits per heavy atom. The van der Waals surface area contributed by atoms with E-state index in [2.05, 4.69) is 15.3 Å². The Labute approximate surface area is 170 Å². The molecule has 30 heavy (non-hydrogen) atoms. The second kappa shape index (κ2) is 7.75. The first kappa shape index (κ1) is 19.3. The van der Waals surface area contributed by atoms with E-state index in [1.165, 1.54) is 24.5 Å². The third-order valence-electron chi connectivity index (χ3n) is 4.62. The molecule has 3 N–H and O–H groups in total. The Hall–Kier alpha value is -4.07. The maximum absolute atomic E-state index is 13.7. The van der Waals surface area contributed by atoms with Gasteiger partial charge in [0.05, 0.1) is 17.0 Å². The molecule has 0 bridgehead atoms. The smallest absolute Gasteiger partial charge is 0.274 e. The predicted octanol–water partition coefficient (Wildman–Crippen LogP) is 3.46. The summed E-state index contributed by atoms with van der Waals surface area (Å²) in [6.45, 7) is 1.67. The number of hydrogen-bond donors (Lipinski definition) is 2. The highest BCUT2D eigenvalue weighted by Gasteiger charge is 2.24. The maximum atomic E-state index is 13.7. The molecule has 0 aliphatic rings. The first-order valence-electron chi connectivity index (χ1n) is 9.14. The van der Waals surface area contributed by atoms with Gasteiger partial charge < -0.3 is 15.5 Å². The lowest BCUT2D eigenvalue weighted by Crippen LogP contribution is -2.29. The molecule has 1 atom stereocenters. The van der Waals surface area contributed by atoms with Crippen molar-refractivity contribution < 1.29 is 13.6 Å². The minimum absolute atomic E-state index is 0.0130. The minimum atomic E-state index is -0.712. The van der Waals surface area contributed by atoms with Crippen LogP contribution in [0.25, 0.3) is 22.1 Å². The summed E-state index contributed by atoms with van der Waals surface area (Å²) >= 11 is 0. The Morgan fingerprint density at radius 1 is 1.13 bits per heavy atom. The van der Waals surface area contributed by atoms with Crippen molar-refractivity contribution in [2.45, 2.75) is 13.0 Å². The average molecular weight is 404 g/mol. The molecule has 4 rings (SSSR count). The molecule has 1 amide bonds. The molecule has 0 radical (unpaired) electrons. The van der Waals surface area contributed by atoms with Gasteiger partial charge in [0, 0.05) is 12.4 Å². The summed E-state index contributed by atoms with van der Waals surface area (Å²) < 4.78 is 19.7. The monoisotopic (exact) mass is 404 g/mol. The SMILES string of the molecule is CC(NC(=O)c1nccnc1N)c1oc2ccc(F)cc2c(=O)c1-c1ccccc1. The highest BCUT2D eigenvalue weighted by Crippen LogP contribution is 2.29. The summed E-state index contributed by atoms with van der Waals surface area (Å²) in [4.78, 5) is 33.7. The Morgan fingerprint density at radius 2 is 1.87 bits per heavy atom. The van der Waals surface area contributed by atoms with E-state index in [-0.39, 0.29) is 33.8 Å². The van der Waals surface area contributed by atoms with Crippen molar-refractivity contribution in [3.63, 3.8) is 0 Å². The summed E-state index contributed by atoms with van der Waals surface area (Å²) in [5.74, 6) is -0.878. The second-order valence-electron chi connectivity index (χ2n) is 6.66. The number of nitrogens with one attached hydrogen (secondary N) is 1. The summed E-state index contributed by atoms with van der Waals surface area (Å²) in [6.07, 6.45) is 2.74. The van der Waals surface area contributed by atoms with Gasteiger partial charge in [-0.2, -0.15) is 0 Å². The highest BCUT2D eigenvalue weighted by atomic mass is 19.1. The molecule has 1 unspecified atom stereocenters. The van der Waals surface area contributed by atoms with Gasteiger partial charge in [-0.15, -0.1) is 0 Å². The lowest BCUT2D eigenvalue weighted by Gasteiger charge is -2.17. The van der Waals surface area contributed by atoms with Crippen LogP contribution in [0.5, 0.6) is 0 Å². The quantitative estimate of drug-likeness (QED) is 0.539. The molecule has 2 heterocycles. The zero-order chi connectivity index (χ0) is 21.3. The van der Waals surface area contributed by atoms with E-state index < -0.39 is 23.2 Å². The van der Waals surface area contributed by atoms with Crippen LogP contribution in [0.1, 0.15) is 29.2 Å². The largest absolute Gasteiger partial charge is 0.458 e. The van der Waals surface area contributed by atoms with Gasteiger partial charge in [0.2, 0.25) is 5.43 Å². The van der Waals surface area contributed by atoms with Crippen molar-refractivity contribution >= 4 is 22.7 Å². The van der Waals surface area contributed by atoms with Crippen molar-refractivity contribution in [2.24, 2.45) is 0 Å². The molecular weight excluding hydrogens is 387 g/mol. The molecule has 8 heteroatoms. The van der Waals surface area contributed by atoms with E-state index in [9.17, 15) is 14.0 Å². The van der Waals surface area contributed by atoms with Gasteiger partial charge >= 0.3 is 0 Å². The van der Waals surface area contributed by atoms with Crippen LogP contribution in [0, 0.1) is 5.82 Å². The number of nitrogens with two attached hydrogens (primary N) is 1. The van der Waals surface area contributed by atoms with Crippen LogP contribution in [0.15, 0.2) is 70.1 Å². The van der Waals surface area contributed by atoms with Crippen molar-refractivity contribution in [3.8, 4) is 11.1 Å². The summed E-state index contributed by atoms with van der Waals surface area (Å²) in [5, 5.41) is 2.86. The van der Waals surface area contributed by atoms with Crippen LogP contribution in [-0.4, -0.2) is 15.9 Å². The first-order valence-corrected chi connectivity index (χ1v) is 9.14. The van der Waals surface area contributed by atoms with Crippen molar-refractivity contribution in [1.82, 2.24) is 15.3 Å². The van der Waals surface area contributed by atoms with Gasteiger partial charge in [0.15, 0.2) is 11.5 Å². The number of amides is 1. The second-order valence-corrected chi connectivity index (χ2v) is 6.66. The number of halogens is 1. The van der Waals surface area contributed by atoms with E-state index >= 15 is 0 Å². The van der Waals surface area contributed by atoms with E-state index in [1.54, 1.807) is 31.2 Å². The number of carbonyl (C=O) groups is 1. The van der Waals surface area contributed by atoms with Crippen LogP contribution >= 0.6 is 0 Å². The lowest BCUT2D eigenvalue weighted by atomic mass is 9.99. The minimum Gasteiger partial charge on any atom is -0.458 e. The molecule has 0 aliphatic carbocycles. The molecule has 150 valence electrons. The zero-order valence-electron chi connectivity index (χ0n) is 15.9. The maximum Gasteiger partial charge on any atom is 0.274 e. The molecule has 2 aromatic carbocycles. The number of aromatic nitrogens is 2. The fourth-order valence-corrected chi connectivity index (χ4v) is 3.22. The van der Waals surface area contributed by atoms with E-state index in [1.807, 2.05) is 6.07 Å². The van der Waals surface area contributed by atoms with Crippen molar-refractivity contribution in [1.29, 1.82) is 0 Å². The van der Waals surface area contributed by atoms with Crippen LogP contribution in [0.4, 0.5) is 10.2 Å². The molecule has 4 aromatic rings. The van der Waals surface area contributed by atoms with Crippen LogP contribution in [0.2, 0.25) is 0 Å². The van der Waals surface area contributed by atoms with Gasteiger partial charge in [-0.05, 0) is 30.7 Å². The molecule has 7 nitrogen and oxygen atoms in total. The van der Waals surface area contributed by atoms with Gasteiger partial charge in [-0.25, -0.2) is 14.4 Å². The summed E-state index contributed by atoms with van der Waals surface area (Å²) in [5.41, 5.74) is 6.36. The number of hydrogen-bond acceptors (Lipinski definition) is 6. The number of nitrogens with zero attached hydrogens (tertiary/aromatic N) is 2. The lowest BCUT2D eigenvalue weighted by molar-refractivity contribution is 0.0931. The van der Waals surface area contributed by atoms with Crippen molar-refractivity contribution in [2.75, 3.05) is 5.73 Å². The average Bonchev–Trinajstić information content (AvgIpc) is 2.75.